The summed E-state index contributed by atoms with van der Waals surface area (Å²) in [6.45, 7) is 0. The molecule has 3 aromatic rings. The van der Waals surface area contributed by atoms with Crippen molar-refractivity contribution in [2.45, 2.75) is 70.1 Å². The first-order chi connectivity index (χ1) is 16.2. The molecule has 170 valence electrons. The van der Waals surface area contributed by atoms with E-state index in [1.54, 1.807) is 0 Å². The number of anilines is 2. The van der Waals surface area contributed by atoms with Crippen LogP contribution in [0.1, 0.15) is 73.4 Å². The summed E-state index contributed by atoms with van der Waals surface area (Å²) in [6.07, 6.45) is 9.84. The summed E-state index contributed by atoms with van der Waals surface area (Å²) in [5, 5.41) is 3.14. The molecular formula is C28H32N4O. The van der Waals surface area contributed by atoms with Crippen molar-refractivity contribution in [3.63, 3.8) is 0 Å². The molecule has 0 atom stereocenters. The molecule has 0 aliphatic heterocycles. The molecule has 5 heteroatoms. The minimum Gasteiger partial charge on any atom is -0.399 e. The maximum Gasteiger partial charge on any atom is 0.225 e. The number of rotatable bonds is 6. The highest BCUT2D eigenvalue weighted by molar-refractivity contribution is 5.90. The molecule has 2 aliphatic rings. The first kappa shape index (κ1) is 21.6. The fourth-order valence-electron chi connectivity index (χ4n) is 5.22. The summed E-state index contributed by atoms with van der Waals surface area (Å²) in [5.74, 6) is 1.07. The summed E-state index contributed by atoms with van der Waals surface area (Å²) >= 11 is 0. The van der Waals surface area contributed by atoms with Gasteiger partial charge in [-0.1, -0.05) is 55.7 Å². The lowest BCUT2D eigenvalue weighted by Gasteiger charge is -2.26. The fraction of sp³-hybridized carbons (Fsp3) is 0.393. The maximum atomic E-state index is 12.8. The third-order valence-electron chi connectivity index (χ3n) is 6.97. The second-order valence-electron chi connectivity index (χ2n) is 9.39. The molecule has 2 aromatic carbocycles. The van der Waals surface area contributed by atoms with E-state index in [1.807, 2.05) is 24.3 Å². The van der Waals surface area contributed by atoms with Crippen LogP contribution in [0.25, 0.3) is 11.3 Å². The molecule has 3 N–H and O–H groups in total. The number of nitrogen functional groups attached to an aromatic ring is 1. The minimum absolute atomic E-state index is 0.0289. The van der Waals surface area contributed by atoms with Gasteiger partial charge in [-0.2, -0.15) is 0 Å². The number of aryl methyl sites for hydroxylation is 3. The quantitative estimate of drug-likeness (QED) is 0.472. The van der Waals surface area contributed by atoms with E-state index >= 15 is 0 Å². The molecule has 2 aliphatic carbocycles. The largest absolute Gasteiger partial charge is 0.399 e. The predicted molar refractivity (Wildman–Crippen MR) is 133 cm³/mol. The lowest BCUT2D eigenvalue weighted by Crippen LogP contribution is -2.20. The molecule has 0 unspecified atom stereocenters. The minimum atomic E-state index is 0.0289. The molecule has 0 spiro atoms. The Morgan fingerprint density at radius 1 is 1.00 bits per heavy atom. The van der Waals surface area contributed by atoms with Crippen molar-refractivity contribution in [2.24, 2.45) is 0 Å². The van der Waals surface area contributed by atoms with Crippen LogP contribution in [0.15, 0.2) is 48.5 Å². The Balaban J connectivity index is 1.39. The number of amides is 1. The Labute approximate surface area is 195 Å². The predicted octanol–water partition coefficient (Wildman–Crippen LogP) is 5.83. The van der Waals surface area contributed by atoms with Gasteiger partial charge in [0.05, 0.1) is 17.1 Å². The van der Waals surface area contributed by atoms with E-state index in [4.69, 9.17) is 15.7 Å². The van der Waals surface area contributed by atoms with Crippen LogP contribution >= 0.6 is 0 Å². The van der Waals surface area contributed by atoms with Gasteiger partial charge in [-0.25, -0.2) is 9.97 Å². The number of hydrogen-bond donors (Lipinski definition) is 2. The van der Waals surface area contributed by atoms with Crippen LogP contribution in [0.4, 0.5) is 11.5 Å². The molecule has 0 saturated heterocycles. The first-order valence-corrected chi connectivity index (χ1v) is 12.3. The third-order valence-corrected chi connectivity index (χ3v) is 6.97. The summed E-state index contributed by atoms with van der Waals surface area (Å²) < 4.78 is 0. The van der Waals surface area contributed by atoms with E-state index in [1.165, 1.54) is 30.4 Å². The zero-order chi connectivity index (χ0) is 22.6. The number of carbonyl (C=O) groups excluding carboxylic acids is 1. The Morgan fingerprint density at radius 2 is 1.82 bits per heavy atom. The van der Waals surface area contributed by atoms with E-state index in [0.717, 1.165) is 66.9 Å². The van der Waals surface area contributed by atoms with Crippen LogP contribution in [0.5, 0.6) is 0 Å². The molecule has 5 rings (SSSR count). The number of nitrogens with two attached hydrogens (primary N) is 1. The Hall–Kier alpha value is -3.21. The topological polar surface area (TPSA) is 80.9 Å². The van der Waals surface area contributed by atoms with Gasteiger partial charge in [-0.3, -0.25) is 4.79 Å². The van der Waals surface area contributed by atoms with Crippen molar-refractivity contribution in [2.75, 3.05) is 11.1 Å². The smallest absolute Gasteiger partial charge is 0.225 e. The molecular weight excluding hydrogens is 408 g/mol. The molecule has 0 radical (unpaired) electrons. The number of fused-ring (bicyclic) bond motifs is 3. The van der Waals surface area contributed by atoms with Gasteiger partial charge in [0.1, 0.15) is 0 Å². The molecule has 1 heterocycles. The van der Waals surface area contributed by atoms with Crippen LogP contribution in [0.3, 0.4) is 0 Å². The highest BCUT2D eigenvalue weighted by atomic mass is 16.1. The second kappa shape index (κ2) is 9.74. The Morgan fingerprint density at radius 3 is 2.64 bits per heavy atom. The summed E-state index contributed by atoms with van der Waals surface area (Å²) in [4.78, 5) is 23.0. The first-order valence-electron chi connectivity index (χ1n) is 12.3. The fourth-order valence-corrected chi connectivity index (χ4v) is 5.22. The summed E-state index contributed by atoms with van der Waals surface area (Å²) in [7, 11) is 0. The van der Waals surface area contributed by atoms with Crippen LogP contribution in [0.2, 0.25) is 0 Å². The lowest BCUT2D eigenvalue weighted by molar-refractivity contribution is -0.116. The zero-order valence-corrected chi connectivity index (χ0v) is 19.1. The summed E-state index contributed by atoms with van der Waals surface area (Å²) in [6, 6.07) is 16.4. The van der Waals surface area contributed by atoms with Crippen LogP contribution in [-0.2, 0) is 24.1 Å². The zero-order valence-electron chi connectivity index (χ0n) is 19.1. The second-order valence-corrected chi connectivity index (χ2v) is 9.39. The van der Waals surface area contributed by atoms with Crippen molar-refractivity contribution in [3.05, 3.63) is 71.0 Å². The number of carbonyl (C=O) groups is 1. The molecule has 1 saturated carbocycles. The number of nitrogens with one attached hydrogen (secondary N) is 1. The number of benzene rings is 2. The maximum absolute atomic E-state index is 12.8. The van der Waals surface area contributed by atoms with Gasteiger partial charge >= 0.3 is 0 Å². The van der Waals surface area contributed by atoms with Gasteiger partial charge in [0.15, 0.2) is 5.82 Å². The van der Waals surface area contributed by atoms with Crippen molar-refractivity contribution >= 4 is 17.4 Å². The van der Waals surface area contributed by atoms with Crippen LogP contribution in [0, 0.1) is 0 Å². The van der Waals surface area contributed by atoms with Crippen molar-refractivity contribution < 1.29 is 4.79 Å². The van der Waals surface area contributed by atoms with E-state index < -0.39 is 0 Å². The Kier molecular flexibility index (Phi) is 6.38. The van der Waals surface area contributed by atoms with E-state index in [0.29, 0.717) is 18.2 Å². The standard InChI is InChI=1S/C28H32N4O/c29-22-15-16-23-21(18-22)14-17-24-27(23)32-26(20-11-5-2-6-12-20)28(30-24)31-25(33)13-7-10-19-8-3-1-4-9-19/h1,3-4,8-9,15-16,18,20H,2,5-7,10-14,17,29H2,(H,30,31,33). The molecule has 1 amide bonds. The SMILES string of the molecule is Nc1ccc2c(c1)CCc1nc(NC(=O)CCCc3ccccc3)c(C3CCCCC3)nc1-2. The molecule has 0 bridgehead atoms. The van der Waals surface area contributed by atoms with Crippen LogP contribution in [-0.4, -0.2) is 15.9 Å². The summed E-state index contributed by atoms with van der Waals surface area (Å²) in [5.41, 5.74) is 13.4. The number of aromatic nitrogens is 2. The lowest BCUT2D eigenvalue weighted by atomic mass is 9.85. The molecule has 33 heavy (non-hydrogen) atoms. The van der Waals surface area contributed by atoms with Crippen molar-refractivity contribution in [1.29, 1.82) is 0 Å². The van der Waals surface area contributed by atoms with Gasteiger partial charge in [0.2, 0.25) is 5.91 Å². The van der Waals surface area contributed by atoms with Gasteiger partial charge < -0.3 is 11.1 Å². The van der Waals surface area contributed by atoms with Gasteiger partial charge in [-0.05, 0) is 61.8 Å². The molecule has 1 fully saturated rings. The number of hydrogen-bond acceptors (Lipinski definition) is 4. The highest BCUT2D eigenvalue weighted by Crippen LogP contribution is 2.39. The third kappa shape index (κ3) is 4.92. The molecule has 5 nitrogen and oxygen atoms in total. The van der Waals surface area contributed by atoms with Gasteiger partial charge in [-0.15, -0.1) is 0 Å². The Bertz CT molecular complexity index is 1140. The van der Waals surface area contributed by atoms with Crippen LogP contribution < -0.4 is 11.1 Å². The highest BCUT2D eigenvalue weighted by Gasteiger charge is 2.27. The van der Waals surface area contributed by atoms with E-state index in [9.17, 15) is 4.79 Å². The van der Waals surface area contributed by atoms with Crippen molar-refractivity contribution in [1.82, 2.24) is 9.97 Å². The average Bonchev–Trinajstić information content (AvgIpc) is 2.84. The normalized spacial score (nSPS) is 15.5. The number of nitrogens with zero attached hydrogens (tertiary/aromatic N) is 2. The monoisotopic (exact) mass is 440 g/mol. The van der Waals surface area contributed by atoms with Gasteiger partial charge in [0.25, 0.3) is 0 Å². The van der Waals surface area contributed by atoms with Gasteiger partial charge in [0, 0.05) is 23.6 Å². The van der Waals surface area contributed by atoms with Crippen molar-refractivity contribution in [3.8, 4) is 11.3 Å². The average molecular weight is 441 g/mol. The molecule has 1 aromatic heterocycles. The van der Waals surface area contributed by atoms with E-state index in [-0.39, 0.29) is 5.91 Å². The van der Waals surface area contributed by atoms with E-state index in [2.05, 4.69) is 29.6 Å².